The van der Waals surface area contributed by atoms with Gasteiger partial charge < -0.3 is 5.32 Å². The fourth-order valence-electron chi connectivity index (χ4n) is 3.58. The van der Waals surface area contributed by atoms with Crippen molar-refractivity contribution in [2.24, 2.45) is 0 Å². The standard InChI is InChI=1S/C19H35N3/c1-3-5-6-7-8-9-10-17(4-2)19-13-16-22(21-19)18-11-14-20-15-12-18/h13,16-18,20H,3-12,14-15H2,1-2H3. The zero-order chi connectivity index (χ0) is 15.6. The molecule has 0 aromatic carbocycles. The summed E-state index contributed by atoms with van der Waals surface area (Å²) in [7, 11) is 0. The van der Waals surface area contributed by atoms with Gasteiger partial charge in [0, 0.05) is 12.1 Å². The van der Waals surface area contributed by atoms with Crippen LogP contribution in [-0.2, 0) is 0 Å². The summed E-state index contributed by atoms with van der Waals surface area (Å²) in [5, 5.41) is 8.36. The highest BCUT2D eigenvalue weighted by molar-refractivity contribution is 5.07. The molecule has 1 atom stereocenters. The molecule has 0 amide bonds. The third-order valence-corrected chi connectivity index (χ3v) is 5.13. The maximum Gasteiger partial charge on any atom is 0.0655 e. The van der Waals surface area contributed by atoms with Crippen LogP contribution in [0, 0.1) is 0 Å². The predicted molar refractivity (Wildman–Crippen MR) is 94.4 cm³/mol. The van der Waals surface area contributed by atoms with Crippen molar-refractivity contribution in [3.8, 4) is 0 Å². The molecular formula is C19H35N3. The lowest BCUT2D eigenvalue weighted by Crippen LogP contribution is -2.29. The van der Waals surface area contributed by atoms with Gasteiger partial charge in [0.1, 0.15) is 0 Å². The van der Waals surface area contributed by atoms with E-state index in [1.54, 1.807) is 0 Å². The Morgan fingerprint density at radius 2 is 1.86 bits per heavy atom. The lowest BCUT2D eigenvalue weighted by Gasteiger charge is -2.23. The SMILES string of the molecule is CCCCCCCCC(CC)c1ccn(C2CCNCC2)n1. The van der Waals surface area contributed by atoms with Crippen LogP contribution in [0.1, 0.15) is 95.7 Å². The summed E-state index contributed by atoms with van der Waals surface area (Å²) in [6.45, 7) is 6.86. The van der Waals surface area contributed by atoms with E-state index in [0.717, 1.165) is 13.1 Å². The summed E-state index contributed by atoms with van der Waals surface area (Å²) in [5.74, 6) is 0.661. The van der Waals surface area contributed by atoms with E-state index >= 15 is 0 Å². The quantitative estimate of drug-likeness (QED) is 0.613. The van der Waals surface area contributed by atoms with Crippen LogP contribution in [0.2, 0.25) is 0 Å². The molecule has 126 valence electrons. The Bertz CT molecular complexity index is 393. The largest absolute Gasteiger partial charge is 0.317 e. The van der Waals surface area contributed by atoms with Gasteiger partial charge in [0.2, 0.25) is 0 Å². The topological polar surface area (TPSA) is 29.9 Å². The first kappa shape index (κ1) is 17.5. The molecule has 1 unspecified atom stereocenters. The Hall–Kier alpha value is -0.830. The summed E-state index contributed by atoms with van der Waals surface area (Å²) in [4.78, 5) is 0. The van der Waals surface area contributed by atoms with Gasteiger partial charge in [-0.05, 0) is 44.8 Å². The molecule has 0 spiro atoms. The lowest BCUT2D eigenvalue weighted by atomic mass is 9.95. The monoisotopic (exact) mass is 305 g/mol. The zero-order valence-electron chi connectivity index (χ0n) is 14.7. The molecular weight excluding hydrogens is 270 g/mol. The van der Waals surface area contributed by atoms with Gasteiger partial charge >= 0.3 is 0 Å². The third-order valence-electron chi connectivity index (χ3n) is 5.13. The van der Waals surface area contributed by atoms with Gasteiger partial charge in [-0.2, -0.15) is 5.10 Å². The number of nitrogens with one attached hydrogen (secondary N) is 1. The van der Waals surface area contributed by atoms with Gasteiger partial charge in [-0.3, -0.25) is 4.68 Å². The number of rotatable bonds is 10. The second-order valence-corrected chi connectivity index (χ2v) is 6.86. The second kappa shape index (κ2) is 10.0. The summed E-state index contributed by atoms with van der Waals surface area (Å²) in [6, 6.07) is 2.88. The zero-order valence-corrected chi connectivity index (χ0v) is 14.7. The maximum absolute atomic E-state index is 4.92. The van der Waals surface area contributed by atoms with Crippen molar-refractivity contribution in [3.63, 3.8) is 0 Å². The minimum atomic E-state index is 0.613. The molecule has 1 fully saturated rings. The molecule has 1 aliphatic heterocycles. The van der Waals surface area contributed by atoms with Gasteiger partial charge in [0.15, 0.2) is 0 Å². The molecule has 0 radical (unpaired) electrons. The van der Waals surface area contributed by atoms with E-state index in [4.69, 9.17) is 5.10 Å². The molecule has 1 aliphatic rings. The van der Waals surface area contributed by atoms with E-state index in [0.29, 0.717) is 12.0 Å². The Kier molecular flexibility index (Phi) is 8.00. The smallest absolute Gasteiger partial charge is 0.0655 e. The van der Waals surface area contributed by atoms with Gasteiger partial charge in [-0.15, -0.1) is 0 Å². The number of hydrogen-bond donors (Lipinski definition) is 1. The average Bonchev–Trinajstić information content (AvgIpc) is 3.05. The minimum absolute atomic E-state index is 0.613. The summed E-state index contributed by atoms with van der Waals surface area (Å²) in [5.41, 5.74) is 1.33. The maximum atomic E-state index is 4.92. The normalized spacial score (nSPS) is 17.7. The van der Waals surface area contributed by atoms with Gasteiger partial charge in [0.25, 0.3) is 0 Å². The lowest BCUT2D eigenvalue weighted by molar-refractivity contribution is 0.340. The van der Waals surface area contributed by atoms with Crippen LogP contribution in [0.5, 0.6) is 0 Å². The average molecular weight is 306 g/mol. The molecule has 0 bridgehead atoms. The van der Waals surface area contributed by atoms with Crippen molar-refractivity contribution in [1.29, 1.82) is 0 Å². The van der Waals surface area contributed by atoms with E-state index < -0.39 is 0 Å². The molecule has 1 aromatic heterocycles. The Morgan fingerprint density at radius 3 is 2.59 bits per heavy atom. The van der Waals surface area contributed by atoms with Crippen LogP contribution >= 0.6 is 0 Å². The Balaban J connectivity index is 1.76. The van der Waals surface area contributed by atoms with E-state index in [1.165, 1.54) is 69.9 Å². The molecule has 1 N–H and O–H groups in total. The van der Waals surface area contributed by atoms with Gasteiger partial charge in [-0.25, -0.2) is 0 Å². The Morgan fingerprint density at radius 1 is 1.14 bits per heavy atom. The highest BCUT2D eigenvalue weighted by Gasteiger charge is 2.18. The van der Waals surface area contributed by atoms with Crippen LogP contribution in [0.15, 0.2) is 12.3 Å². The first-order valence-electron chi connectivity index (χ1n) is 9.61. The first-order chi connectivity index (χ1) is 10.8. The van der Waals surface area contributed by atoms with Crippen LogP contribution in [0.3, 0.4) is 0 Å². The number of aromatic nitrogens is 2. The highest BCUT2D eigenvalue weighted by atomic mass is 15.3. The molecule has 2 heterocycles. The third kappa shape index (κ3) is 5.42. The minimum Gasteiger partial charge on any atom is -0.317 e. The summed E-state index contributed by atoms with van der Waals surface area (Å²) < 4.78 is 2.24. The fraction of sp³-hybridized carbons (Fsp3) is 0.842. The van der Waals surface area contributed by atoms with Crippen LogP contribution in [-0.4, -0.2) is 22.9 Å². The first-order valence-corrected chi connectivity index (χ1v) is 9.61. The number of unbranched alkanes of at least 4 members (excludes halogenated alkanes) is 5. The Labute approximate surface area is 136 Å². The summed E-state index contributed by atoms with van der Waals surface area (Å²) in [6.07, 6.45) is 15.5. The molecule has 3 heteroatoms. The van der Waals surface area contributed by atoms with Crippen molar-refractivity contribution in [1.82, 2.24) is 15.1 Å². The van der Waals surface area contributed by atoms with Crippen LogP contribution < -0.4 is 5.32 Å². The number of hydrogen-bond acceptors (Lipinski definition) is 2. The molecule has 0 saturated carbocycles. The molecule has 0 aliphatic carbocycles. The molecule has 1 aromatic rings. The summed E-state index contributed by atoms with van der Waals surface area (Å²) >= 11 is 0. The van der Waals surface area contributed by atoms with E-state index in [9.17, 15) is 0 Å². The molecule has 22 heavy (non-hydrogen) atoms. The van der Waals surface area contributed by atoms with Crippen molar-refractivity contribution in [3.05, 3.63) is 18.0 Å². The number of nitrogens with zero attached hydrogens (tertiary/aromatic N) is 2. The number of piperidine rings is 1. The fourth-order valence-corrected chi connectivity index (χ4v) is 3.58. The molecule has 1 saturated heterocycles. The van der Waals surface area contributed by atoms with Crippen LogP contribution in [0.4, 0.5) is 0 Å². The van der Waals surface area contributed by atoms with Crippen molar-refractivity contribution in [2.75, 3.05) is 13.1 Å². The van der Waals surface area contributed by atoms with Gasteiger partial charge in [-0.1, -0.05) is 52.4 Å². The van der Waals surface area contributed by atoms with Crippen LogP contribution in [0.25, 0.3) is 0 Å². The highest BCUT2D eigenvalue weighted by Crippen LogP contribution is 2.26. The molecule has 2 rings (SSSR count). The van der Waals surface area contributed by atoms with Crippen molar-refractivity contribution in [2.45, 2.75) is 90.0 Å². The van der Waals surface area contributed by atoms with Crippen molar-refractivity contribution < 1.29 is 0 Å². The van der Waals surface area contributed by atoms with Gasteiger partial charge in [0.05, 0.1) is 11.7 Å². The van der Waals surface area contributed by atoms with E-state index in [1.807, 2.05) is 0 Å². The molecule has 3 nitrogen and oxygen atoms in total. The van der Waals surface area contributed by atoms with E-state index in [2.05, 4.69) is 36.1 Å². The van der Waals surface area contributed by atoms with Crippen molar-refractivity contribution >= 4 is 0 Å². The van der Waals surface area contributed by atoms with E-state index in [-0.39, 0.29) is 0 Å². The predicted octanol–water partition coefficient (Wildman–Crippen LogP) is 5.05. The second-order valence-electron chi connectivity index (χ2n) is 6.86.